The molecule has 0 bridgehead atoms. The SMILES string of the molecule is CCN(C(=O)c1cccc2[nH]ccc12)c1ccccc1C. The van der Waals surface area contributed by atoms with E-state index in [2.05, 4.69) is 4.98 Å². The maximum atomic E-state index is 13.0. The van der Waals surface area contributed by atoms with Crippen molar-refractivity contribution < 1.29 is 4.79 Å². The standard InChI is InChI=1S/C18H18N2O/c1-3-20(17-10-5-4-7-13(17)2)18(21)15-8-6-9-16-14(15)11-12-19-16/h4-12,19H,3H2,1-2H3. The number of hydrogen-bond donors (Lipinski definition) is 1. The lowest BCUT2D eigenvalue weighted by molar-refractivity contribution is 0.0989. The van der Waals surface area contributed by atoms with E-state index in [-0.39, 0.29) is 5.91 Å². The summed E-state index contributed by atoms with van der Waals surface area (Å²) in [7, 11) is 0. The number of fused-ring (bicyclic) bond motifs is 1. The second-order valence-corrected chi connectivity index (χ2v) is 5.08. The summed E-state index contributed by atoms with van der Waals surface area (Å²) in [5.74, 6) is 0.0389. The van der Waals surface area contributed by atoms with Crippen LogP contribution in [-0.4, -0.2) is 17.4 Å². The zero-order valence-corrected chi connectivity index (χ0v) is 12.3. The summed E-state index contributed by atoms with van der Waals surface area (Å²) in [5, 5.41) is 0.967. The first-order chi connectivity index (χ1) is 10.2. The van der Waals surface area contributed by atoms with Crippen molar-refractivity contribution in [3.8, 4) is 0 Å². The van der Waals surface area contributed by atoms with Gasteiger partial charge in [-0.05, 0) is 43.7 Å². The number of nitrogens with one attached hydrogen (secondary N) is 1. The Labute approximate surface area is 124 Å². The molecule has 3 heteroatoms. The molecule has 0 aliphatic rings. The fourth-order valence-corrected chi connectivity index (χ4v) is 2.71. The van der Waals surface area contributed by atoms with Crippen LogP contribution in [0.5, 0.6) is 0 Å². The van der Waals surface area contributed by atoms with Crippen LogP contribution in [-0.2, 0) is 0 Å². The van der Waals surface area contributed by atoms with Gasteiger partial charge in [0.1, 0.15) is 0 Å². The van der Waals surface area contributed by atoms with E-state index < -0.39 is 0 Å². The van der Waals surface area contributed by atoms with Crippen molar-refractivity contribution in [2.75, 3.05) is 11.4 Å². The third kappa shape index (κ3) is 2.31. The number of aromatic nitrogens is 1. The Balaban J connectivity index is 2.08. The second kappa shape index (κ2) is 5.44. The smallest absolute Gasteiger partial charge is 0.258 e. The van der Waals surface area contributed by atoms with Gasteiger partial charge >= 0.3 is 0 Å². The third-order valence-electron chi connectivity index (χ3n) is 3.79. The fourth-order valence-electron chi connectivity index (χ4n) is 2.71. The number of carbonyl (C=O) groups is 1. The van der Waals surface area contributed by atoms with E-state index in [0.29, 0.717) is 6.54 Å². The molecule has 1 amide bonds. The lowest BCUT2D eigenvalue weighted by Gasteiger charge is -2.23. The Morgan fingerprint density at radius 2 is 1.90 bits per heavy atom. The molecule has 3 aromatic rings. The first kappa shape index (κ1) is 13.4. The number of hydrogen-bond acceptors (Lipinski definition) is 1. The number of para-hydroxylation sites is 1. The van der Waals surface area contributed by atoms with E-state index in [1.54, 1.807) is 0 Å². The van der Waals surface area contributed by atoms with Crippen molar-refractivity contribution in [2.24, 2.45) is 0 Å². The Hall–Kier alpha value is -2.55. The predicted octanol–water partition coefficient (Wildman–Crippen LogP) is 4.14. The van der Waals surface area contributed by atoms with Crippen LogP contribution in [0.3, 0.4) is 0 Å². The van der Waals surface area contributed by atoms with Gasteiger partial charge in [-0.25, -0.2) is 0 Å². The third-order valence-corrected chi connectivity index (χ3v) is 3.79. The van der Waals surface area contributed by atoms with Crippen molar-refractivity contribution in [3.05, 3.63) is 65.9 Å². The minimum absolute atomic E-state index is 0.0389. The zero-order chi connectivity index (χ0) is 14.8. The van der Waals surface area contributed by atoms with Crippen molar-refractivity contribution in [2.45, 2.75) is 13.8 Å². The summed E-state index contributed by atoms with van der Waals surface area (Å²) in [5.41, 5.74) is 3.80. The highest BCUT2D eigenvalue weighted by Gasteiger charge is 2.19. The summed E-state index contributed by atoms with van der Waals surface area (Å²) in [6.45, 7) is 4.67. The largest absolute Gasteiger partial charge is 0.361 e. The first-order valence-electron chi connectivity index (χ1n) is 7.16. The maximum absolute atomic E-state index is 13.0. The van der Waals surface area contributed by atoms with Gasteiger partial charge in [0.2, 0.25) is 0 Å². The highest BCUT2D eigenvalue weighted by molar-refractivity contribution is 6.13. The van der Waals surface area contributed by atoms with Crippen molar-refractivity contribution >= 4 is 22.5 Å². The molecule has 0 unspecified atom stereocenters. The number of aryl methyl sites for hydroxylation is 1. The molecule has 106 valence electrons. The lowest BCUT2D eigenvalue weighted by Crippen LogP contribution is -2.31. The number of anilines is 1. The van der Waals surface area contributed by atoms with Crippen molar-refractivity contribution in [3.63, 3.8) is 0 Å². The van der Waals surface area contributed by atoms with E-state index in [9.17, 15) is 4.79 Å². The van der Waals surface area contributed by atoms with Gasteiger partial charge in [0.15, 0.2) is 0 Å². The molecule has 0 spiro atoms. The summed E-state index contributed by atoms with van der Waals surface area (Å²) in [4.78, 5) is 17.9. The summed E-state index contributed by atoms with van der Waals surface area (Å²) in [6.07, 6.45) is 1.87. The number of rotatable bonds is 3. The quantitative estimate of drug-likeness (QED) is 0.768. The Bertz CT molecular complexity index is 789. The Kier molecular flexibility index (Phi) is 3.48. The van der Waals surface area contributed by atoms with Crippen LogP contribution >= 0.6 is 0 Å². The van der Waals surface area contributed by atoms with Crippen LogP contribution in [0.25, 0.3) is 10.9 Å². The molecule has 0 fully saturated rings. The topological polar surface area (TPSA) is 36.1 Å². The molecule has 3 nitrogen and oxygen atoms in total. The predicted molar refractivity (Wildman–Crippen MR) is 86.8 cm³/mol. The van der Waals surface area contributed by atoms with Gasteiger partial charge in [-0.3, -0.25) is 4.79 Å². The molecule has 1 aromatic heterocycles. The Morgan fingerprint density at radius 3 is 2.67 bits per heavy atom. The molecule has 21 heavy (non-hydrogen) atoms. The van der Waals surface area contributed by atoms with Gasteiger partial charge in [0.25, 0.3) is 5.91 Å². The van der Waals surface area contributed by atoms with Gasteiger partial charge in [0.05, 0.1) is 0 Å². The van der Waals surface area contributed by atoms with Gasteiger partial charge in [-0.1, -0.05) is 24.3 Å². The zero-order valence-electron chi connectivity index (χ0n) is 12.3. The average molecular weight is 278 g/mol. The number of H-pyrrole nitrogens is 1. The normalized spacial score (nSPS) is 10.8. The molecule has 0 saturated heterocycles. The highest BCUT2D eigenvalue weighted by atomic mass is 16.2. The molecule has 2 aromatic carbocycles. The lowest BCUT2D eigenvalue weighted by atomic mass is 10.1. The maximum Gasteiger partial charge on any atom is 0.258 e. The van der Waals surface area contributed by atoms with Crippen LogP contribution in [0.2, 0.25) is 0 Å². The van der Waals surface area contributed by atoms with Crippen LogP contribution < -0.4 is 4.90 Å². The van der Waals surface area contributed by atoms with Gasteiger partial charge in [-0.2, -0.15) is 0 Å². The summed E-state index contributed by atoms with van der Waals surface area (Å²) < 4.78 is 0. The minimum atomic E-state index is 0.0389. The average Bonchev–Trinajstić information content (AvgIpc) is 2.98. The van der Waals surface area contributed by atoms with Crippen LogP contribution in [0, 0.1) is 6.92 Å². The minimum Gasteiger partial charge on any atom is -0.361 e. The molecule has 1 heterocycles. The highest BCUT2D eigenvalue weighted by Crippen LogP contribution is 2.24. The molecule has 3 rings (SSSR count). The number of carbonyl (C=O) groups excluding carboxylic acids is 1. The molecule has 0 atom stereocenters. The van der Waals surface area contributed by atoms with E-state index in [1.807, 2.05) is 73.5 Å². The molecule has 0 aliphatic heterocycles. The van der Waals surface area contributed by atoms with Crippen LogP contribution in [0.1, 0.15) is 22.8 Å². The molecule has 0 saturated carbocycles. The van der Waals surface area contributed by atoms with Crippen molar-refractivity contribution in [1.82, 2.24) is 4.98 Å². The molecule has 1 N–H and O–H groups in total. The number of benzene rings is 2. The summed E-state index contributed by atoms with van der Waals surface area (Å²) in [6, 6.07) is 15.7. The molecule has 0 aliphatic carbocycles. The van der Waals surface area contributed by atoms with Crippen LogP contribution in [0.4, 0.5) is 5.69 Å². The monoisotopic (exact) mass is 278 g/mol. The van der Waals surface area contributed by atoms with E-state index in [1.165, 1.54) is 0 Å². The number of amides is 1. The summed E-state index contributed by atoms with van der Waals surface area (Å²) >= 11 is 0. The molecule has 0 radical (unpaired) electrons. The number of aromatic amines is 1. The second-order valence-electron chi connectivity index (χ2n) is 5.08. The van der Waals surface area contributed by atoms with Gasteiger partial charge in [-0.15, -0.1) is 0 Å². The van der Waals surface area contributed by atoms with E-state index in [0.717, 1.165) is 27.7 Å². The van der Waals surface area contributed by atoms with Gasteiger partial charge < -0.3 is 9.88 Å². The van der Waals surface area contributed by atoms with Crippen molar-refractivity contribution in [1.29, 1.82) is 0 Å². The fraction of sp³-hybridized carbons (Fsp3) is 0.167. The van der Waals surface area contributed by atoms with E-state index >= 15 is 0 Å². The van der Waals surface area contributed by atoms with Gasteiger partial charge in [0, 0.05) is 34.9 Å². The molecular formula is C18H18N2O. The van der Waals surface area contributed by atoms with Crippen LogP contribution in [0.15, 0.2) is 54.7 Å². The Morgan fingerprint density at radius 1 is 1.10 bits per heavy atom. The van der Waals surface area contributed by atoms with E-state index in [4.69, 9.17) is 0 Å². The first-order valence-corrected chi connectivity index (χ1v) is 7.16. The molecular weight excluding hydrogens is 260 g/mol. The number of nitrogens with zero attached hydrogens (tertiary/aromatic N) is 1.